The van der Waals surface area contributed by atoms with Crippen LogP contribution >= 0.6 is 0 Å². The van der Waals surface area contributed by atoms with Gasteiger partial charge in [0.2, 0.25) is 5.91 Å². The molecule has 2 aromatic rings. The molecule has 2 heterocycles. The molecular formula is C16H16N4O3. The molecule has 118 valence electrons. The van der Waals surface area contributed by atoms with E-state index in [1.165, 1.54) is 12.3 Å². The molecule has 7 heteroatoms. The van der Waals surface area contributed by atoms with Crippen molar-refractivity contribution >= 4 is 23.1 Å². The highest BCUT2D eigenvalue weighted by Gasteiger charge is 2.31. The van der Waals surface area contributed by atoms with Gasteiger partial charge in [-0.2, -0.15) is 0 Å². The Morgan fingerprint density at radius 3 is 2.70 bits per heavy atom. The summed E-state index contributed by atoms with van der Waals surface area (Å²) in [6.07, 6.45) is 2.84. The molecule has 1 fully saturated rings. The second-order valence-electron chi connectivity index (χ2n) is 5.34. The highest BCUT2D eigenvalue weighted by molar-refractivity contribution is 5.97. The van der Waals surface area contributed by atoms with Gasteiger partial charge < -0.3 is 10.2 Å². The Balaban J connectivity index is 1.74. The summed E-state index contributed by atoms with van der Waals surface area (Å²) in [7, 11) is 0. The van der Waals surface area contributed by atoms with Crippen LogP contribution in [0.2, 0.25) is 0 Å². The van der Waals surface area contributed by atoms with E-state index in [1.807, 2.05) is 35.2 Å². The number of pyridine rings is 1. The molecule has 0 saturated carbocycles. The normalized spacial score (nSPS) is 17.0. The van der Waals surface area contributed by atoms with E-state index in [9.17, 15) is 14.9 Å². The topological polar surface area (TPSA) is 88.4 Å². The highest BCUT2D eigenvalue weighted by Crippen LogP contribution is 2.26. The maximum atomic E-state index is 12.5. The van der Waals surface area contributed by atoms with Crippen molar-refractivity contribution in [3.8, 4) is 0 Å². The number of nitrogens with one attached hydrogen (secondary N) is 1. The molecule has 1 saturated heterocycles. The van der Waals surface area contributed by atoms with Gasteiger partial charge in [0.1, 0.15) is 18.1 Å². The van der Waals surface area contributed by atoms with Crippen molar-refractivity contribution < 1.29 is 9.72 Å². The van der Waals surface area contributed by atoms with E-state index in [2.05, 4.69) is 10.3 Å². The molecule has 7 nitrogen and oxygen atoms in total. The lowest BCUT2D eigenvalue weighted by Gasteiger charge is -2.24. The Labute approximate surface area is 133 Å². The summed E-state index contributed by atoms with van der Waals surface area (Å²) in [4.78, 5) is 28.7. The Hall–Kier alpha value is -2.96. The lowest BCUT2D eigenvalue weighted by atomic mass is 10.2. The molecule has 3 rings (SSSR count). The number of hydrogen-bond acceptors (Lipinski definition) is 5. The number of benzene rings is 1. The predicted octanol–water partition coefficient (Wildman–Crippen LogP) is 2.60. The summed E-state index contributed by atoms with van der Waals surface area (Å²) in [6.45, 7) is 0.706. The number of carbonyl (C=O) groups is 1. The Morgan fingerprint density at radius 1 is 1.26 bits per heavy atom. The van der Waals surface area contributed by atoms with E-state index in [0.717, 1.165) is 18.5 Å². The minimum atomic E-state index is -0.486. The summed E-state index contributed by atoms with van der Waals surface area (Å²) in [5, 5.41) is 13.6. The number of nitro groups is 1. The maximum absolute atomic E-state index is 12.5. The monoisotopic (exact) mass is 312 g/mol. The molecule has 1 atom stereocenters. The van der Waals surface area contributed by atoms with Crippen molar-refractivity contribution in [3.63, 3.8) is 0 Å². The van der Waals surface area contributed by atoms with Crippen molar-refractivity contribution in [3.05, 3.63) is 58.8 Å². The minimum absolute atomic E-state index is 0.0572. The summed E-state index contributed by atoms with van der Waals surface area (Å²) < 4.78 is 0. The van der Waals surface area contributed by atoms with Gasteiger partial charge in [-0.05, 0) is 31.0 Å². The molecule has 1 unspecified atom stereocenters. The minimum Gasteiger partial charge on any atom is -0.345 e. The van der Waals surface area contributed by atoms with Crippen LogP contribution in [0, 0.1) is 10.1 Å². The van der Waals surface area contributed by atoms with Crippen LogP contribution in [0.4, 0.5) is 17.2 Å². The van der Waals surface area contributed by atoms with Crippen LogP contribution in [-0.4, -0.2) is 28.4 Å². The molecule has 1 aromatic carbocycles. The van der Waals surface area contributed by atoms with Gasteiger partial charge in [-0.3, -0.25) is 14.9 Å². The van der Waals surface area contributed by atoms with Gasteiger partial charge in [-0.1, -0.05) is 18.2 Å². The fourth-order valence-corrected chi connectivity index (χ4v) is 2.72. The van der Waals surface area contributed by atoms with Crippen molar-refractivity contribution in [1.29, 1.82) is 0 Å². The first-order valence-electron chi connectivity index (χ1n) is 7.38. The number of hydrogen-bond donors (Lipinski definition) is 1. The van der Waals surface area contributed by atoms with E-state index in [1.54, 1.807) is 6.07 Å². The molecule has 1 aliphatic rings. The average Bonchev–Trinajstić information content (AvgIpc) is 3.05. The lowest BCUT2D eigenvalue weighted by Crippen LogP contribution is -2.40. The van der Waals surface area contributed by atoms with Crippen molar-refractivity contribution in [2.75, 3.05) is 16.8 Å². The van der Waals surface area contributed by atoms with Crippen molar-refractivity contribution in [2.45, 2.75) is 18.9 Å². The molecule has 0 bridgehead atoms. The molecule has 1 aliphatic heterocycles. The smallest absolute Gasteiger partial charge is 0.287 e. The molecule has 1 aromatic heterocycles. The maximum Gasteiger partial charge on any atom is 0.287 e. The highest BCUT2D eigenvalue weighted by atomic mass is 16.6. The summed E-state index contributed by atoms with van der Waals surface area (Å²) in [6, 6.07) is 12.0. The number of rotatable bonds is 4. The van der Waals surface area contributed by atoms with Crippen LogP contribution < -0.4 is 10.2 Å². The van der Waals surface area contributed by atoms with E-state index >= 15 is 0 Å². The van der Waals surface area contributed by atoms with Crippen LogP contribution in [0.25, 0.3) is 0 Å². The molecule has 0 aliphatic carbocycles. The zero-order valence-corrected chi connectivity index (χ0v) is 12.4. The summed E-state index contributed by atoms with van der Waals surface area (Å²) in [5.41, 5.74) is 0.694. The number of carbonyl (C=O) groups excluding carboxylic acids is 1. The number of nitrogens with zero attached hydrogens (tertiary/aromatic N) is 3. The van der Waals surface area contributed by atoms with Gasteiger partial charge >= 0.3 is 0 Å². The quantitative estimate of drug-likeness (QED) is 0.692. The standard InChI is InChI=1S/C16H16N4O3/c21-16(18-12-5-2-1-3-6-12)14-7-4-10-19(14)15-9-8-13(11-17-15)20(22)23/h1-3,5-6,8-9,11,14H,4,7,10H2,(H,18,21). The fraction of sp³-hybridized carbons (Fsp3) is 0.250. The Kier molecular flexibility index (Phi) is 4.18. The second kappa shape index (κ2) is 6.43. The van der Waals surface area contributed by atoms with Crippen molar-refractivity contribution in [1.82, 2.24) is 4.98 Å². The second-order valence-corrected chi connectivity index (χ2v) is 5.34. The summed E-state index contributed by atoms with van der Waals surface area (Å²) >= 11 is 0. The van der Waals surface area contributed by atoms with Gasteiger partial charge in [0.05, 0.1) is 4.92 Å². The first-order valence-corrected chi connectivity index (χ1v) is 7.38. The van der Waals surface area contributed by atoms with Crippen LogP contribution in [0.1, 0.15) is 12.8 Å². The number of aromatic nitrogens is 1. The van der Waals surface area contributed by atoms with Crippen molar-refractivity contribution in [2.24, 2.45) is 0 Å². The van der Waals surface area contributed by atoms with E-state index in [4.69, 9.17) is 0 Å². The first-order chi connectivity index (χ1) is 11.1. The van der Waals surface area contributed by atoms with Gasteiger partial charge in [0.25, 0.3) is 5.69 Å². The van der Waals surface area contributed by atoms with E-state index < -0.39 is 4.92 Å². The number of anilines is 2. The van der Waals surface area contributed by atoms with Gasteiger partial charge in [-0.15, -0.1) is 0 Å². The Morgan fingerprint density at radius 2 is 2.04 bits per heavy atom. The molecule has 1 amide bonds. The first kappa shape index (κ1) is 15.0. The summed E-state index contributed by atoms with van der Waals surface area (Å²) in [5.74, 6) is 0.496. The largest absolute Gasteiger partial charge is 0.345 e. The fourth-order valence-electron chi connectivity index (χ4n) is 2.72. The third-order valence-corrected chi connectivity index (χ3v) is 3.83. The van der Waals surface area contributed by atoms with Crippen LogP contribution in [-0.2, 0) is 4.79 Å². The van der Waals surface area contributed by atoms with E-state index in [-0.39, 0.29) is 17.6 Å². The van der Waals surface area contributed by atoms with Gasteiger partial charge in [-0.25, -0.2) is 4.98 Å². The molecule has 0 radical (unpaired) electrons. The molecule has 1 N–H and O–H groups in total. The van der Waals surface area contributed by atoms with Gasteiger partial charge in [0, 0.05) is 18.3 Å². The number of amides is 1. The van der Waals surface area contributed by atoms with Crippen LogP contribution in [0.3, 0.4) is 0 Å². The Bertz CT molecular complexity index is 703. The SMILES string of the molecule is O=C(Nc1ccccc1)C1CCCN1c1ccc([N+](=O)[O-])cn1. The van der Waals surface area contributed by atoms with Crippen LogP contribution in [0.15, 0.2) is 48.7 Å². The predicted molar refractivity (Wildman–Crippen MR) is 86.3 cm³/mol. The zero-order valence-electron chi connectivity index (χ0n) is 12.4. The lowest BCUT2D eigenvalue weighted by molar-refractivity contribution is -0.385. The average molecular weight is 312 g/mol. The zero-order chi connectivity index (χ0) is 16.2. The third-order valence-electron chi connectivity index (χ3n) is 3.83. The van der Waals surface area contributed by atoms with E-state index in [0.29, 0.717) is 12.4 Å². The molecule has 0 spiro atoms. The van der Waals surface area contributed by atoms with Crippen LogP contribution in [0.5, 0.6) is 0 Å². The number of para-hydroxylation sites is 1. The van der Waals surface area contributed by atoms with Gasteiger partial charge in [0.15, 0.2) is 0 Å². The molecular weight excluding hydrogens is 296 g/mol. The third kappa shape index (κ3) is 3.28. The molecule has 23 heavy (non-hydrogen) atoms.